The van der Waals surface area contributed by atoms with Crippen molar-refractivity contribution in [1.29, 1.82) is 0 Å². The Hall–Kier alpha value is -1.26. The molecular weight excluding hydrogens is 168 g/mol. The molecule has 0 amide bonds. The third-order valence-corrected chi connectivity index (χ3v) is 1.89. The molecule has 0 aliphatic heterocycles. The molecule has 0 heterocycles. The van der Waals surface area contributed by atoms with Crippen molar-refractivity contribution < 1.29 is 10.2 Å². The maximum atomic E-state index is 9.52. The van der Waals surface area contributed by atoms with Gasteiger partial charge in [0.15, 0.2) is 0 Å². The number of hydrogen-bond acceptors (Lipinski definition) is 4. The fraction of sp³-hybridized carbons (Fsp3) is 0.333. The molecule has 0 aliphatic carbocycles. The van der Waals surface area contributed by atoms with Gasteiger partial charge in [-0.05, 0) is 25.1 Å². The highest BCUT2D eigenvalue weighted by Gasteiger charge is 2.16. The van der Waals surface area contributed by atoms with Crippen molar-refractivity contribution in [3.8, 4) is 0 Å². The molecule has 72 valence electrons. The van der Waals surface area contributed by atoms with Gasteiger partial charge in [0.2, 0.25) is 0 Å². The Balaban J connectivity index is 3.05. The topological polar surface area (TPSA) is 92.5 Å². The van der Waals surface area contributed by atoms with Crippen LogP contribution >= 0.6 is 0 Å². The predicted octanol–water partition coefficient (Wildman–Crippen LogP) is 0.265. The molecule has 1 aromatic carbocycles. The Morgan fingerprint density at radius 1 is 1.23 bits per heavy atom. The van der Waals surface area contributed by atoms with Crippen LogP contribution < -0.4 is 11.5 Å². The highest BCUT2D eigenvalue weighted by Crippen LogP contribution is 2.24. The summed E-state index contributed by atoms with van der Waals surface area (Å²) in [5, 5.41) is 18.7. The Morgan fingerprint density at radius 3 is 2.38 bits per heavy atom. The van der Waals surface area contributed by atoms with E-state index in [0.717, 1.165) is 0 Å². The lowest BCUT2D eigenvalue weighted by atomic mass is 10.0. The molecule has 0 spiro atoms. The number of anilines is 2. The van der Waals surface area contributed by atoms with Crippen LogP contribution in [-0.4, -0.2) is 16.3 Å². The summed E-state index contributed by atoms with van der Waals surface area (Å²) in [5.41, 5.74) is 12.5. The summed E-state index contributed by atoms with van der Waals surface area (Å²) in [6.45, 7) is 1.49. The van der Waals surface area contributed by atoms with Crippen molar-refractivity contribution in [2.45, 2.75) is 19.1 Å². The lowest BCUT2D eigenvalue weighted by Gasteiger charge is -2.16. The van der Waals surface area contributed by atoms with Gasteiger partial charge >= 0.3 is 0 Å². The summed E-state index contributed by atoms with van der Waals surface area (Å²) >= 11 is 0. The first-order valence-corrected chi connectivity index (χ1v) is 4.03. The summed E-state index contributed by atoms with van der Waals surface area (Å²) in [6, 6.07) is 4.82. The van der Waals surface area contributed by atoms with E-state index in [0.29, 0.717) is 16.9 Å². The second-order valence-corrected chi connectivity index (χ2v) is 3.07. The average molecular weight is 182 g/mol. The van der Waals surface area contributed by atoms with E-state index in [4.69, 9.17) is 16.6 Å². The van der Waals surface area contributed by atoms with Crippen LogP contribution in [0, 0.1) is 0 Å². The van der Waals surface area contributed by atoms with Gasteiger partial charge in [0, 0.05) is 16.9 Å². The molecule has 0 saturated heterocycles. The van der Waals surface area contributed by atoms with Crippen LogP contribution in [0.3, 0.4) is 0 Å². The molecule has 0 aliphatic rings. The van der Waals surface area contributed by atoms with Gasteiger partial charge in [-0.1, -0.05) is 0 Å². The largest absolute Gasteiger partial charge is 0.399 e. The summed E-state index contributed by atoms with van der Waals surface area (Å²) in [6.07, 6.45) is -1.84. The van der Waals surface area contributed by atoms with Crippen LogP contribution in [-0.2, 0) is 0 Å². The van der Waals surface area contributed by atoms with E-state index in [2.05, 4.69) is 0 Å². The van der Waals surface area contributed by atoms with E-state index < -0.39 is 12.2 Å². The van der Waals surface area contributed by atoms with Gasteiger partial charge in [-0.2, -0.15) is 0 Å². The van der Waals surface area contributed by atoms with Crippen molar-refractivity contribution in [1.82, 2.24) is 0 Å². The fourth-order valence-electron chi connectivity index (χ4n) is 1.11. The molecule has 13 heavy (non-hydrogen) atoms. The average Bonchev–Trinajstić information content (AvgIpc) is 2.08. The SMILES string of the molecule is CC(O)C(O)c1cc(N)ccc1N. The lowest BCUT2D eigenvalue weighted by molar-refractivity contribution is 0.0310. The quantitative estimate of drug-likeness (QED) is 0.494. The second kappa shape index (κ2) is 3.64. The molecule has 2 unspecified atom stereocenters. The Kier molecular flexibility index (Phi) is 2.75. The zero-order chi connectivity index (χ0) is 10.0. The van der Waals surface area contributed by atoms with E-state index in [1.807, 2.05) is 0 Å². The molecule has 1 aromatic rings. The molecule has 0 bridgehead atoms. The van der Waals surface area contributed by atoms with E-state index in [-0.39, 0.29) is 0 Å². The number of nitrogens with two attached hydrogens (primary N) is 2. The minimum Gasteiger partial charge on any atom is -0.399 e. The number of hydrogen-bond donors (Lipinski definition) is 4. The summed E-state index contributed by atoms with van der Waals surface area (Å²) in [7, 11) is 0. The van der Waals surface area contributed by atoms with Gasteiger partial charge in [-0.15, -0.1) is 0 Å². The van der Waals surface area contributed by atoms with Crippen LogP contribution in [0.15, 0.2) is 18.2 Å². The van der Waals surface area contributed by atoms with Crippen molar-refractivity contribution in [3.63, 3.8) is 0 Å². The molecule has 0 fully saturated rings. The van der Waals surface area contributed by atoms with Gasteiger partial charge in [0.25, 0.3) is 0 Å². The molecule has 1 rings (SSSR count). The van der Waals surface area contributed by atoms with Gasteiger partial charge in [-0.25, -0.2) is 0 Å². The van der Waals surface area contributed by atoms with Crippen molar-refractivity contribution in [2.24, 2.45) is 0 Å². The minimum absolute atomic E-state index is 0.433. The van der Waals surface area contributed by atoms with Crippen LogP contribution in [0.1, 0.15) is 18.6 Å². The molecule has 2 atom stereocenters. The van der Waals surface area contributed by atoms with E-state index >= 15 is 0 Å². The molecule has 6 N–H and O–H groups in total. The molecular formula is C9H14N2O2. The maximum absolute atomic E-state index is 9.52. The molecule has 0 radical (unpaired) electrons. The smallest absolute Gasteiger partial charge is 0.107 e. The summed E-state index contributed by atoms with van der Waals surface area (Å²) in [4.78, 5) is 0. The normalized spacial score (nSPS) is 15.3. The van der Waals surface area contributed by atoms with Gasteiger partial charge in [-0.3, -0.25) is 0 Å². The highest BCUT2D eigenvalue weighted by atomic mass is 16.3. The lowest BCUT2D eigenvalue weighted by Crippen LogP contribution is -2.15. The van der Waals surface area contributed by atoms with E-state index in [1.165, 1.54) is 6.92 Å². The number of aliphatic hydroxyl groups excluding tert-OH is 2. The molecule has 0 saturated carbocycles. The number of benzene rings is 1. The highest BCUT2D eigenvalue weighted by molar-refractivity contribution is 5.56. The first-order chi connectivity index (χ1) is 6.02. The van der Waals surface area contributed by atoms with Crippen LogP contribution in [0.2, 0.25) is 0 Å². The number of aliphatic hydroxyl groups is 2. The number of rotatable bonds is 2. The Labute approximate surface area is 76.8 Å². The van der Waals surface area contributed by atoms with Crippen LogP contribution in [0.4, 0.5) is 11.4 Å². The third-order valence-electron chi connectivity index (χ3n) is 1.89. The summed E-state index contributed by atoms with van der Waals surface area (Å²) < 4.78 is 0. The Morgan fingerprint density at radius 2 is 1.85 bits per heavy atom. The zero-order valence-corrected chi connectivity index (χ0v) is 7.44. The standard InChI is InChI=1S/C9H14N2O2/c1-5(12)9(13)7-4-6(10)2-3-8(7)11/h2-5,9,12-13H,10-11H2,1H3. The van der Waals surface area contributed by atoms with Crippen molar-refractivity contribution in [3.05, 3.63) is 23.8 Å². The maximum Gasteiger partial charge on any atom is 0.107 e. The fourth-order valence-corrected chi connectivity index (χ4v) is 1.11. The van der Waals surface area contributed by atoms with Crippen LogP contribution in [0.25, 0.3) is 0 Å². The second-order valence-electron chi connectivity index (χ2n) is 3.07. The van der Waals surface area contributed by atoms with Crippen LogP contribution in [0.5, 0.6) is 0 Å². The van der Waals surface area contributed by atoms with E-state index in [1.54, 1.807) is 18.2 Å². The zero-order valence-electron chi connectivity index (χ0n) is 7.44. The molecule has 4 heteroatoms. The first kappa shape index (κ1) is 9.83. The van der Waals surface area contributed by atoms with Gasteiger partial charge in [0.1, 0.15) is 6.10 Å². The van der Waals surface area contributed by atoms with Gasteiger partial charge in [0.05, 0.1) is 6.10 Å². The van der Waals surface area contributed by atoms with E-state index in [9.17, 15) is 5.11 Å². The summed E-state index contributed by atoms with van der Waals surface area (Å²) in [5.74, 6) is 0. The predicted molar refractivity (Wildman–Crippen MR) is 51.9 cm³/mol. The monoisotopic (exact) mass is 182 g/mol. The third kappa shape index (κ3) is 2.11. The number of nitrogen functional groups attached to an aromatic ring is 2. The Bertz CT molecular complexity index is 300. The first-order valence-electron chi connectivity index (χ1n) is 4.03. The van der Waals surface area contributed by atoms with Crippen molar-refractivity contribution in [2.75, 3.05) is 11.5 Å². The minimum atomic E-state index is -0.983. The molecule has 0 aromatic heterocycles. The van der Waals surface area contributed by atoms with Gasteiger partial charge < -0.3 is 21.7 Å². The van der Waals surface area contributed by atoms with Crippen molar-refractivity contribution >= 4 is 11.4 Å². The molecule has 4 nitrogen and oxygen atoms in total.